The zero-order chi connectivity index (χ0) is 13.1. The van der Waals surface area contributed by atoms with Crippen molar-refractivity contribution in [3.05, 3.63) is 24.3 Å². The second-order valence-electron chi connectivity index (χ2n) is 4.22. The van der Waals surface area contributed by atoms with Crippen LogP contribution in [0.4, 0.5) is 23.4 Å². The number of nitrogens with one attached hydrogen (secondary N) is 1. The summed E-state index contributed by atoms with van der Waals surface area (Å²) in [6, 6.07) is 8.36. The molecule has 1 fully saturated rings. The van der Waals surface area contributed by atoms with Crippen molar-refractivity contribution in [2.24, 2.45) is 0 Å². The summed E-state index contributed by atoms with van der Waals surface area (Å²) in [7, 11) is 0. The van der Waals surface area contributed by atoms with E-state index >= 15 is 0 Å². The van der Waals surface area contributed by atoms with E-state index in [0.717, 1.165) is 32.0 Å². The molecular weight excluding hydrogens is 246 g/mol. The number of hydrogen-bond donors (Lipinski definition) is 2. The highest BCUT2D eigenvalue weighted by Crippen LogP contribution is 2.21. The molecule has 0 radical (unpaired) electrons. The van der Waals surface area contributed by atoms with E-state index in [1.165, 1.54) is 5.69 Å². The topological polar surface area (TPSA) is 89.4 Å². The van der Waals surface area contributed by atoms with Crippen LogP contribution in [0.25, 0.3) is 0 Å². The first-order valence-electron chi connectivity index (χ1n) is 6.10. The Bertz CT molecular complexity index is 533. The molecule has 0 spiro atoms. The molecule has 2 heterocycles. The van der Waals surface area contributed by atoms with Crippen LogP contribution in [-0.2, 0) is 4.74 Å². The second-order valence-corrected chi connectivity index (χ2v) is 4.22. The fourth-order valence-electron chi connectivity index (χ4n) is 1.99. The number of nitrogens with zero attached hydrogens (tertiary/aromatic N) is 3. The largest absolute Gasteiger partial charge is 0.389 e. The number of rotatable bonds is 3. The molecule has 1 aromatic carbocycles. The molecule has 100 valence electrons. The van der Waals surface area contributed by atoms with Gasteiger partial charge in [-0.05, 0) is 24.3 Å². The lowest BCUT2D eigenvalue weighted by Gasteiger charge is -2.28. The Kier molecular flexibility index (Phi) is 3.20. The molecule has 1 saturated heterocycles. The van der Waals surface area contributed by atoms with Crippen LogP contribution >= 0.6 is 0 Å². The molecule has 0 bridgehead atoms. The molecular formula is C12H15N5O2. The molecule has 1 aliphatic rings. The Morgan fingerprint density at radius 2 is 1.84 bits per heavy atom. The third kappa shape index (κ3) is 2.76. The van der Waals surface area contributed by atoms with E-state index in [9.17, 15) is 0 Å². The molecule has 19 heavy (non-hydrogen) atoms. The summed E-state index contributed by atoms with van der Waals surface area (Å²) in [6.07, 6.45) is 0. The van der Waals surface area contributed by atoms with Gasteiger partial charge in [0.25, 0.3) is 0 Å². The van der Waals surface area contributed by atoms with Crippen LogP contribution in [-0.4, -0.2) is 36.5 Å². The zero-order valence-corrected chi connectivity index (χ0v) is 10.4. The van der Waals surface area contributed by atoms with Gasteiger partial charge in [-0.2, -0.15) is 0 Å². The Balaban J connectivity index is 1.68. The number of hydrogen-bond acceptors (Lipinski definition) is 7. The van der Waals surface area contributed by atoms with Gasteiger partial charge in [-0.15, -0.1) is 0 Å². The van der Waals surface area contributed by atoms with E-state index in [4.69, 9.17) is 14.9 Å². The van der Waals surface area contributed by atoms with Crippen molar-refractivity contribution in [2.45, 2.75) is 0 Å². The Labute approximate surface area is 110 Å². The van der Waals surface area contributed by atoms with E-state index in [0.29, 0.717) is 0 Å². The Hall–Kier alpha value is -2.28. The van der Waals surface area contributed by atoms with Gasteiger partial charge in [-0.25, -0.2) is 0 Å². The normalized spacial score (nSPS) is 15.5. The van der Waals surface area contributed by atoms with Crippen molar-refractivity contribution >= 4 is 23.4 Å². The number of anilines is 4. The van der Waals surface area contributed by atoms with E-state index in [1.54, 1.807) is 0 Å². The second kappa shape index (κ2) is 5.15. The van der Waals surface area contributed by atoms with Crippen molar-refractivity contribution in [2.75, 3.05) is 42.3 Å². The molecule has 7 nitrogen and oxygen atoms in total. The molecule has 1 aromatic heterocycles. The van der Waals surface area contributed by atoms with Gasteiger partial charge < -0.3 is 25.1 Å². The minimum atomic E-state index is 0.0486. The molecule has 0 unspecified atom stereocenters. The standard InChI is InChI=1S/C12H15N5O2/c13-11-15-16-12(19-11)14-9-1-3-10(4-2-9)17-5-7-18-8-6-17/h1-4H,5-8H2,(H2,13,15)(H,14,16). The predicted octanol–water partition coefficient (Wildman–Crippen LogP) is 1.23. The molecule has 0 amide bonds. The maximum Gasteiger partial charge on any atom is 0.321 e. The van der Waals surface area contributed by atoms with Crippen LogP contribution in [0.3, 0.4) is 0 Å². The van der Waals surface area contributed by atoms with Crippen LogP contribution < -0.4 is 16.0 Å². The lowest BCUT2D eigenvalue weighted by atomic mass is 10.2. The maximum atomic E-state index is 5.36. The Morgan fingerprint density at radius 3 is 2.47 bits per heavy atom. The smallest absolute Gasteiger partial charge is 0.321 e. The average Bonchev–Trinajstić information content (AvgIpc) is 2.86. The number of morpholine rings is 1. The summed E-state index contributed by atoms with van der Waals surface area (Å²) in [5.74, 6) is 0. The zero-order valence-electron chi connectivity index (χ0n) is 10.4. The first-order chi connectivity index (χ1) is 9.31. The summed E-state index contributed by atoms with van der Waals surface area (Å²) in [4.78, 5) is 2.29. The van der Waals surface area contributed by atoms with Gasteiger partial charge in [-0.1, -0.05) is 10.2 Å². The third-order valence-electron chi connectivity index (χ3n) is 2.94. The van der Waals surface area contributed by atoms with E-state index in [1.807, 2.05) is 24.3 Å². The van der Waals surface area contributed by atoms with Gasteiger partial charge in [0.2, 0.25) is 0 Å². The molecule has 3 N–H and O–H groups in total. The molecule has 0 saturated carbocycles. The molecule has 0 atom stereocenters. The van der Waals surface area contributed by atoms with Crippen molar-refractivity contribution in [3.8, 4) is 0 Å². The molecule has 7 heteroatoms. The van der Waals surface area contributed by atoms with Crippen LogP contribution in [0.2, 0.25) is 0 Å². The number of benzene rings is 1. The monoisotopic (exact) mass is 261 g/mol. The molecule has 1 aliphatic heterocycles. The highest BCUT2D eigenvalue weighted by Gasteiger charge is 2.11. The average molecular weight is 261 g/mol. The van der Waals surface area contributed by atoms with Crippen LogP contribution in [0.5, 0.6) is 0 Å². The number of nitrogens with two attached hydrogens (primary N) is 1. The fourth-order valence-corrected chi connectivity index (χ4v) is 1.99. The SMILES string of the molecule is Nc1nnc(Nc2ccc(N3CCOCC3)cc2)o1. The van der Waals surface area contributed by atoms with Crippen LogP contribution in [0, 0.1) is 0 Å². The fraction of sp³-hybridized carbons (Fsp3) is 0.333. The molecule has 2 aromatic rings. The van der Waals surface area contributed by atoms with Gasteiger partial charge >= 0.3 is 12.0 Å². The number of ether oxygens (including phenoxy) is 1. The van der Waals surface area contributed by atoms with Crippen LogP contribution in [0.15, 0.2) is 28.7 Å². The van der Waals surface area contributed by atoms with Gasteiger partial charge in [0.15, 0.2) is 0 Å². The minimum Gasteiger partial charge on any atom is -0.389 e. The summed E-state index contributed by atoms with van der Waals surface area (Å²) >= 11 is 0. The summed E-state index contributed by atoms with van der Waals surface area (Å²) in [5.41, 5.74) is 7.41. The quantitative estimate of drug-likeness (QED) is 0.858. The van der Waals surface area contributed by atoms with E-state index < -0.39 is 0 Å². The van der Waals surface area contributed by atoms with Gasteiger partial charge in [0, 0.05) is 24.5 Å². The molecule has 3 rings (SSSR count). The predicted molar refractivity (Wildman–Crippen MR) is 71.5 cm³/mol. The van der Waals surface area contributed by atoms with Gasteiger partial charge in [0.1, 0.15) is 0 Å². The first kappa shape index (κ1) is 11.8. The van der Waals surface area contributed by atoms with Crippen molar-refractivity contribution < 1.29 is 9.15 Å². The highest BCUT2D eigenvalue weighted by atomic mass is 16.5. The Morgan fingerprint density at radius 1 is 1.11 bits per heavy atom. The van der Waals surface area contributed by atoms with E-state index in [2.05, 4.69) is 20.4 Å². The van der Waals surface area contributed by atoms with Crippen molar-refractivity contribution in [1.82, 2.24) is 10.2 Å². The minimum absolute atomic E-state index is 0.0486. The molecule has 0 aliphatic carbocycles. The highest BCUT2D eigenvalue weighted by molar-refractivity contribution is 5.58. The summed E-state index contributed by atoms with van der Waals surface area (Å²) in [5, 5.41) is 10.3. The number of aromatic nitrogens is 2. The number of nitrogen functional groups attached to an aromatic ring is 1. The van der Waals surface area contributed by atoms with E-state index in [-0.39, 0.29) is 12.0 Å². The van der Waals surface area contributed by atoms with Crippen molar-refractivity contribution in [1.29, 1.82) is 0 Å². The third-order valence-corrected chi connectivity index (χ3v) is 2.94. The summed E-state index contributed by atoms with van der Waals surface area (Å²) < 4.78 is 10.4. The first-order valence-corrected chi connectivity index (χ1v) is 6.10. The van der Waals surface area contributed by atoms with Crippen molar-refractivity contribution in [3.63, 3.8) is 0 Å². The summed E-state index contributed by atoms with van der Waals surface area (Å²) in [6.45, 7) is 3.41. The van der Waals surface area contributed by atoms with Gasteiger partial charge in [-0.3, -0.25) is 0 Å². The lowest BCUT2D eigenvalue weighted by molar-refractivity contribution is 0.122. The van der Waals surface area contributed by atoms with Crippen LogP contribution in [0.1, 0.15) is 0 Å². The van der Waals surface area contributed by atoms with Gasteiger partial charge in [0.05, 0.1) is 13.2 Å². The maximum absolute atomic E-state index is 5.36. The lowest BCUT2D eigenvalue weighted by Crippen LogP contribution is -2.36.